The van der Waals surface area contributed by atoms with Gasteiger partial charge in [0.2, 0.25) is 0 Å². The maximum Gasteiger partial charge on any atom is 0.335 e. The van der Waals surface area contributed by atoms with E-state index >= 15 is 0 Å². The number of benzene rings is 1. The smallest absolute Gasteiger partial charge is 0.335 e. The Kier molecular flexibility index (Phi) is 4.30. The van der Waals surface area contributed by atoms with Crippen molar-refractivity contribution < 1.29 is 14.8 Å². The van der Waals surface area contributed by atoms with Gasteiger partial charge in [0.1, 0.15) is 0 Å². The first-order chi connectivity index (χ1) is 7.56. The maximum absolute atomic E-state index is 10.8. The summed E-state index contributed by atoms with van der Waals surface area (Å²) in [4.78, 5) is 21.4. The van der Waals surface area contributed by atoms with E-state index in [0.29, 0.717) is 4.90 Å². The zero-order valence-electron chi connectivity index (χ0n) is 8.67. The van der Waals surface area contributed by atoms with E-state index in [1.807, 2.05) is 6.92 Å². The van der Waals surface area contributed by atoms with E-state index in [4.69, 9.17) is 5.11 Å². The lowest BCUT2D eigenvalue weighted by atomic mass is 10.2. The molecule has 1 aromatic carbocycles. The molecule has 16 heavy (non-hydrogen) atoms. The molecule has 0 amide bonds. The van der Waals surface area contributed by atoms with Crippen molar-refractivity contribution in [2.75, 3.05) is 5.75 Å². The van der Waals surface area contributed by atoms with Crippen molar-refractivity contribution in [2.24, 2.45) is 0 Å². The molecule has 0 fully saturated rings. The Balaban J connectivity index is 3.09. The standard InChI is InChI=1S/C10H11NO4S/c1-2-5-16-9-4-3-7(10(12)13)6-8(9)11(14)15/h3-4,6H,2,5H2,1H3,(H,12,13). The Labute approximate surface area is 96.6 Å². The van der Waals surface area contributed by atoms with E-state index in [0.717, 1.165) is 18.2 Å². The van der Waals surface area contributed by atoms with Crippen molar-refractivity contribution in [3.05, 3.63) is 33.9 Å². The second kappa shape index (κ2) is 5.50. The molecular formula is C10H11NO4S. The van der Waals surface area contributed by atoms with Gasteiger partial charge in [0.15, 0.2) is 0 Å². The highest BCUT2D eigenvalue weighted by molar-refractivity contribution is 7.99. The fraction of sp³-hybridized carbons (Fsp3) is 0.300. The lowest BCUT2D eigenvalue weighted by molar-refractivity contribution is -0.387. The number of rotatable bonds is 5. The highest BCUT2D eigenvalue weighted by Gasteiger charge is 2.17. The predicted molar refractivity (Wildman–Crippen MR) is 61.1 cm³/mol. The van der Waals surface area contributed by atoms with Crippen LogP contribution in [0.1, 0.15) is 23.7 Å². The minimum Gasteiger partial charge on any atom is -0.478 e. The third-order valence-corrected chi connectivity index (χ3v) is 3.13. The first kappa shape index (κ1) is 12.5. The lowest BCUT2D eigenvalue weighted by Gasteiger charge is -2.02. The van der Waals surface area contributed by atoms with Gasteiger partial charge in [-0.05, 0) is 24.3 Å². The molecule has 0 aliphatic carbocycles. The molecule has 0 aromatic heterocycles. The number of hydrogen-bond donors (Lipinski definition) is 1. The van der Waals surface area contributed by atoms with Gasteiger partial charge in [-0.15, -0.1) is 11.8 Å². The van der Waals surface area contributed by atoms with Crippen LogP contribution in [0.3, 0.4) is 0 Å². The molecule has 0 atom stereocenters. The summed E-state index contributed by atoms with van der Waals surface area (Å²) in [5, 5.41) is 19.5. The number of thioether (sulfide) groups is 1. The zero-order valence-corrected chi connectivity index (χ0v) is 9.49. The van der Waals surface area contributed by atoms with Crippen molar-refractivity contribution in [1.82, 2.24) is 0 Å². The van der Waals surface area contributed by atoms with Gasteiger partial charge >= 0.3 is 5.97 Å². The number of carbonyl (C=O) groups is 1. The molecule has 6 heteroatoms. The van der Waals surface area contributed by atoms with Crippen LogP contribution in [0, 0.1) is 10.1 Å². The van der Waals surface area contributed by atoms with Crippen molar-refractivity contribution >= 4 is 23.4 Å². The van der Waals surface area contributed by atoms with Crippen molar-refractivity contribution in [2.45, 2.75) is 18.2 Å². The highest BCUT2D eigenvalue weighted by atomic mass is 32.2. The maximum atomic E-state index is 10.8. The molecule has 0 aliphatic heterocycles. The summed E-state index contributed by atoms with van der Waals surface area (Å²) in [5.41, 5.74) is -0.203. The molecule has 0 radical (unpaired) electrons. The minimum atomic E-state index is -1.16. The van der Waals surface area contributed by atoms with E-state index in [1.165, 1.54) is 23.9 Å². The molecule has 0 spiro atoms. The van der Waals surface area contributed by atoms with Gasteiger partial charge in [-0.25, -0.2) is 4.79 Å². The highest BCUT2D eigenvalue weighted by Crippen LogP contribution is 2.30. The summed E-state index contributed by atoms with van der Waals surface area (Å²) in [6.07, 6.45) is 0.905. The number of hydrogen-bond acceptors (Lipinski definition) is 4. The predicted octanol–water partition coefficient (Wildman–Crippen LogP) is 2.80. The van der Waals surface area contributed by atoms with Crippen molar-refractivity contribution in [1.29, 1.82) is 0 Å². The average molecular weight is 241 g/mol. The normalized spacial score (nSPS) is 10.1. The number of carboxylic acid groups (broad SMARTS) is 1. The van der Waals surface area contributed by atoms with Crippen LogP contribution in [0.2, 0.25) is 0 Å². The lowest BCUT2D eigenvalue weighted by Crippen LogP contribution is -1.99. The van der Waals surface area contributed by atoms with Crippen LogP contribution in [-0.2, 0) is 0 Å². The average Bonchev–Trinajstić information content (AvgIpc) is 2.25. The molecular weight excluding hydrogens is 230 g/mol. The number of nitro benzene ring substituents is 1. The molecule has 5 nitrogen and oxygen atoms in total. The van der Waals surface area contributed by atoms with Crippen LogP contribution >= 0.6 is 11.8 Å². The molecule has 1 N–H and O–H groups in total. The van der Waals surface area contributed by atoms with Crippen LogP contribution in [0.15, 0.2) is 23.1 Å². The van der Waals surface area contributed by atoms with Crippen LogP contribution in [0.4, 0.5) is 5.69 Å². The van der Waals surface area contributed by atoms with Gasteiger partial charge < -0.3 is 5.11 Å². The number of nitro groups is 1. The van der Waals surface area contributed by atoms with Crippen LogP contribution in [-0.4, -0.2) is 21.8 Å². The molecule has 86 valence electrons. The van der Waals surface area contributed by atoms with Crippen LogP contribution in [0.25, 0.3) is 0 Å². The molecule has 1 rings (SSSR count). The molecule has 0 unspecified atom stereocenters. The largest absolute Gasteiger partial charge is 0.478 e. The molecule has 0 saturated carbocycles. The van der Waals surface area contributed by atoms with Gasteiger partial charge in [0.05, 0.1) is 15.4 Å². The zero-order chi connectivity index (χ0) is 12.1. The van der Waals surface area contributed by atoms with Gasteiger partial charge in [0.25, 0.3) is 5.69 Å². The van der Waals surface area contributed by atoms with Gasteiger partial charge in [-0.1, -0.05) is 6.92 Å². The number of nitrogens with zero attached hydrogens (tertiary/aromatic N) is 1. The molecule has 0 heterocycles. The van der Waals surface area contributed by atoms with Gasteiger partial charge in [-0.2, -0.15) is 0 Å². The summed E-state index contributed by atoms with van der Waals surface area (Å²) in [5.74, 6) is -0.386. The summed E-state index contributed by atoms with van der Waals surface area (Å²) in [6.45, 7) is 1.98. The molecule has 0 aliphatic rings. The Morgan fingerprint density at radius 3 is 2.75 bits per heavy atom. The van der Waals surface area contributed by atoms with E-state index in [9.17, 15) is 14.9 Å². The van der Waals surface area contributed by atoms with Gasteiger partial charge in [-0.3, -0.25) is 10.1 Å². The summed E-state index contributed by atoms with van der Waals surface area (Å²) in [6, 6.07) is 3.97. The van der Waals surface area contributed by atoms with E-state index < -0.39 is 10.9 Å². The fourth-order valence-corrected chi connectivity index (χ4v) is 2.00. The first-order valence-corrected chi connectivity index (χ1v) is 5.69. The SMILES string of the molecule is CCCSc1ccc(C(=O)O)cc1[N+](=O)[O-]. The topological polar surface area (TPSA) is 80.4 Å². The Hall–Kier alpha value is -1.56. The van der Waals surface area contributed by atoms with E-state index in [1.54, 1.807) is 0 Å². The van der Waals surface area contributed by atoms with Crippen molar-refractivity contribution in [3.63, 3.8) is 0 Å². The third-order valence-electron chi connectivity index (χ3n) is 1.86. The first-order valence-electron chi connectivity index (χ1n) is 4.70. The third kappa shape index (κ3) is 2.96. The monoisotopic (exact) mass is 241 g/mol. The Morgan fingerprint density at radius 2 is 2.25 bits per heavy atom. The van der Waals surface area contributed by atoms with Gasteiger partial charge in [0, 0.05) is 6.07 Å². The summed E-state index contributed by atoms with van der Waals surface area (Å²) in [7, 11) is 0. The van der Waals surface area contributed by atoms with E-state index in [2.05, 4.69) is 0 Å². The minimum absolute atomic E-state index is 0.0625. The number of carboxylic acids is 1. The number of aromatic carboxylic acids is 1. The molecule has 1 aromatic rings. The van der Waals surface area contributed by atoms with E-state index in [-0.39, 0.29) is 11.3 Å². The second-order valence-corrected chi connectivity index (χ2v) is 4.23. The molecule has 0 saturated heterocycles. The fourth-order valence-electron chi connectivity index (χ4n) is 1.13. The molecule has 0 bridgehead atoms. The summed E-state index contributed by atoms with van der Waals surface area (Å²) < 4.78 is 0. The van der Waals surface area contributed by atoms with Crippen molar-refractivity contribution in [3.8, 4) is 0 Å². The second-order valence-electron chi connectivity index (χ2n) is 3.09. The van der Waals surface area contributed by atoms with Crippen LogP contribution < -0.4 is 0 Å². The van der Waals surface area contributed by atoms with Crippen LogP contribution in [0.5, 0.6) is 0 Å². The summed E-state index contributed by atoms with van der Waals surface area (Å²) >= 11 is 1.36. The Bertz CT molecular complexity index is 419. The Morgan fingerprint density at radius 1 is 1.56 bits per heavy atom. The quantitative estimate of drug-likeness (QED) is 0.487.